The van der Waals surface area contributed by atoms with Crippen LogP contribution < -0.4 is 14.8 Å². The van der Waals surface area contributed by atoms with Gasteiger partial charge in [0.15, 0.2) is 0 Å². The summed E-state index contributed by atoms with van der Waals surface area (Å²) in [6, 6.07) is 28.7. The van der Waals surface area contributed by atoms with Crippen LogP contribution in [0.2, 0.25) is 0 Å². The highest BCUT2D eigenvalue weighted by atomic mass is 16.7. The Bertz CT molecular complexity index is 1840. The van der Waals surface area contributed by atoms with E-state index in [1.807, 2.05) is 60.7 Å². The first-order chi connectivity index (χ1) is 22.8. The molecule has 4 aromatic carbocycles. The summed E-state index contributed by atoms with van der Waals surface area (Å²) in [5.74, 6) is -0.862. The van der Waals surface area contributed by atoms with E-state index in [9.17, 15) is 19.2 Å². The zero-order valence-electron chi connectivity index (χ0n) is 25.5. The number of H-pyrrole nitrogens is 1. The van der Waals surface area contributed by atoms with E-state index in [-0.39, 0.29) is 37.7 Å². The number of para-hydroxylation sites is 1. The van der Waals surface area contributed by atoms with Crippen LogP contribution in [0.1, 0.15) is 29.2 Å². The highest BCUT2D eigenvalue weighted by molar-refractivity contribution is 5.88. The van der Waals surface area contributed by atoms with Gasteiger partial charge in [0.05, 0.1) is 0 Å². The first-order valence-electron chi connectivity index (χ1n) is 14.7. The number of alkyl carbamates (subject to hydrolysis) is 1. The van der Waals surface area contributed by atoms with Crippen molar-refractivity contribution in [3.63, 3.8) is 0 Å². The quantitative estimate of drug-likeness (QED) is 0.0689. The van der Waals surface area contributed by atoms with Gasteiger partial charge >= 0.3 is 24.2 Å². The molecule has 0 saturated heterocycles. The van der Waals surface area contributed by atoms with Crippen LogP contribution >= 0.6 is 0 Å². The standard InChI is InChI=1S/C36H32N2O9/c1-24(39)43-23-27-14-8-9-15-33(27)47-34(40)32(38-35(41)44-21-25-10-4-2-5-11-25)18-28-20-37-31-17-16-29(19-30(28)31)46-36(42)45-22-26-12-6-3-7-13-26/h2-17,19-20,32,37H,18,21-23H2,1H3,(H,38,41). The number of fused-ring (bicyclic) bond motifs is 1. The molecule has 47 heavy (non-hydrogen) atoms. The number of amides is 1. The summed E-state index contributed by atoms with van der Waals surface area (Å²) in [4.78, 5) is 53.3. The number of nitrogens with one attached hydrogen (secondary N) is 2. The minimum atomic E-state index is -1.19. The fraction of sp³-hybridized carbons (Fsp3) is 0.167. The number of esters is 2. The Kier molecular flexibility index (Phi) is 10.8. The van der Waals surface area contributed by atoms with Crippen LogP contribution in [-0.4, -0.2) is 35.2 Å². The number of hydrogen-bond acceptors (Lipinski definition) is 9. The smallest absolute Gasteiger partial charge is 0.461 e. The first-order valence-corrected chi connectivity index (χ1v) is 14.7. The lowest BCUT2D eigenvalue weighted by molar-refractivity contribution is -0.142. The van der Waals surface area contributed by atoms with Crippen LogP contribution in [0.4, 0.5) is 9.59 Å². The summed E-state index contributed by atoms with van der Waals surface area (Å²) in [6.45, 7) is 1.22. The number of carbonyl (C=O) groups excluding carboxylic acids is 4. The van der Waals surface area contributed by atoms with Crippen molar-refractivity contribution < 1.29 is 42.9 Å². The van der Waals surface area contributed by atoms with Gasteiger partial charge in [0, 0.05) is 36.0 Å². The van der Waals surface area contributed by atoms with Gasteiger partial charge in [-0.1, -0.05) is 78.9 Å². The molecule has 5 aromatic rings. The molecular weight excluding hydrogens is 604 g/mol. The molecule has 5 rings (SSSR count). The monoisotopic (exact) mass is 636 g/mol. The molecule has 0 aliphatic rings. The lowest BCUT2D eigenvalue weighted by Crippen LogP contribution is -2.44. The van der Waals surface area contributed by atoms with Gasteiger partial charge < -0.3 is 34.0 Å². The van der Waals surface area contributed by atoms with Crippen molar-refractivity contribution >= 4 is 35.1 Å². The normalized spacial score (nSPS) is 11.3. The lowest BCUT2D eigenvalue weighted by atomic mass is 10.0. The largest absolute Gasteiger partial charge is 0.514 e. The molecule has 1 heterocycles. The molecule has 0 aliphatic carbocycles. The molecule has 0 radical (unpaired) electrons. The van der Waals surface area contributed by atoms with E-state index in [0.29, 0.717) is 22.0 Å². The maximum absolute atomic E-state index is 13.6. The highest BCUT2D eigenvalue weighted by Crippen LogP contribution is 2.26. The molecule has 0 spiro atoms. The molecule has 1 aromatic heterocycles. The predicted molar refractivity (Wildman–Crippen MR) is 170 cm³/mol. The molecule has 2 N–H and O–H groups in total. The fourth-order valence-electron chi connectivity index (χ4n) is 4.63. The Hall–Kier alpha value is -6.10. The summed E-state index contributed by atoms with van der Waals surface area (Å²) < 4.78 is 26.8. The van der Waals surface area contributed by atoms with Gasteiger partial charge in [-0.25, -0.2) is 14.4 Å². The van der Waals surface area contributed by atoms with E-state index in [1.54, 1.807) is 48.7 Å². The van der Waals surface area contributed by atoms with Gasteiger partial charge in [-0.3, -0.25) is 4.79 Å². The minimum absolute atomic E-state index is 0.00614. The molecule has 1 atom stereocenters. The van der Waals surface area contributed by atoms with Crippen molar-refractivity contribution in [2.24, 2.45) is 0 Å². The Labute approximate surface area is 270 Å². The average molecular weight is 637 g/mol. The van der Waals surface area contributed by atoms with Crippen LogP contribution in [-0.2, 0) is 50.0 Å². The minimum Gasteiger partial charge on any atom is -0.461 e. The zero-order chi connectivity index (χ0) is 33.0. The molecule has 0 aliphatic heterocycles. The Morgan fingerprint density at radius 1 is 0.702 bits per heavy atom. The van der Waals surface area contributed by atoms with Crippen LogP contribution in [0, 0.1) is 0 Å². The van der Waals surface area contributed by atoms with Crippen molar-refractivity contribution in [3.05, 3.63) is 132 Å². The fourth-order valence-corrected chi connectivity index (χ4v) is 4.63. The van der Waals surface area contributed by atoms with E-state index in [0.717, 1.165) is 11.1 Å². The number of benzene rings is 4. The van der Waals surface area contributed by atoms with E-state index in [2.05, 4.69) is 10.3 Å². The maximum atomic E-state index is 13.6. The van der Waals surface area contributed by atoms with Crippen LogP contribution in [0.15, 0.2) is 109 Å². The Morgan fingerprint density at radius 2 is 1.36 bits per heavy atom. The second-order valence-electron chi connectivity index (χ2n) is 10.4. The summed E-state index contributed by atoms with van der Waals surface area (Å²) in [5.41, 5.74) is 3.38. The van der Waals surface area contributed by atoms with Gasteiger partial charge in [0.1, 0.15) is 37.4 Å². The molecule has 1 amide bonds. The van der Waals surface area contributed by atoms with E-state index >= 15 is 0 Å². The molecule has 0 fully saturated rings. The summed E-state index contributed by atoms with van der Waals surface area (Å²) in [5, 5.41) is 3.26. The third-order valence-electron chi connectivity index (χ3n) is 6.97. The van der Waals surface area contributed by atoms with Crippen molar-refractivity contribution in [1.82, 2.24) is 10.3 Å². The zero-order valence-corrected chi connectivity index (χ0v) is 25.5. The molecular formula is C36H32N2O9. The number of rotatable bonds is 12. The topological polar surface area (TPSA) is 142 Å². The van der Waals surface area contributed by atoms with Crippen molar-refractivity contribution in [1.29, 1.82) is 0 Å². The van der Waals surface area contributed by atoms with Gasteiger partial charge in [0.2, 0.25) is 0 Å². The molecule has 11 heteroatoms. The van der Waals surface area contributed by atoms with Crippen LogP contribution in [0.3, 0.4) is 0 Å². The summed E-state index contributed by atoms with van der Waals surface area (Å²) in [7, 11) is 0. The number of carbonyl (C=O) groups is 4. The molecule has 0 saturated carbocycles. The van der Waals surface area contributed by atoms with Gasteiger partial charge in [0.25, 0.3) is 0 Å². The Balaban J connectivity index is 1.32. The van der Waals surface area contributed by atoms with Crippen LogP contribution in [0.5, 0.6) is 11.5 Å². The van der Waals surface area contributed by atoms with Gasteiger partial charge in [-0.15, -0.1) is 0 Å². The second kappa shape index (κ2) is 15.8. The van der Waals surface area contributed by atoms with Gasteiger partial charge in [-0.05, 0) is 41.0 Å². The molecule has 0 bridgehead atoms. The SMILES string of the molecule is CC(=O)OCc1ccccc1OC(=O)C(Cc1c[nH]c2ccc(OC(=O)OCc3ccccc3)cc12)NC(=O)OCc1ccccc1. The number of ether oxygens (including phenoxy) is 5. The van der Waals surface area contributed by atoms with E-state index in [4.69, 9.17) is 23.7 Å². The van der Waals surface area contributed by atoms with E-state index in [1.165, 1.54) is 6.92 Å². The van der Waals surface area contributed by atoms with Gasteiger partial charge in [-0.2, -0.15) is 0 Å². The number of hydrogen-bond donors (Lipinski definition) is 2. The molecule has 11 nitrogen and oxygen atoms in total. The van der Waals surface area contributed by atoms with Crippen molar-refractivity contribution in [2.75, 3.05) is 0 Å². The van der Waals surface area contributed by atoms with E-state index < -0.39 is 30.2 Å². The number of aromatic nitrogens is 1. The van der Waals surface area contributed by atoms with Crippen LogP contribution in [0.25, 0.3) is 10.9 Å². The number of aromatic amines is 1. The van der Waals surface area contributed by atoms with Crippen molar-refractivity contribution in [2.45, 2.75) is 39.2 Å². The average Bonchev–Trinajstić information content (AvgIpc) is 3.48. The molecule has 240 valence electrons. The Morgan fingerprint density at radius 3 is 2.06 bits per heavy atom. The third-order valence-corrected chi connectivity index (χ3v) is 6.97. The van der Waals surface area contributed by atoms with Crippen molar-refractivity contribution in [3.8, 4) is 11.5 Å². The summed E-state index contributed by atoms with van der Waals surface area (Å²) in [6.07, 6.45) is -0.0162. The third kappa shape index (κ3) is 9.44. The lowest BCUT2D eigenvalue weighted by Gasteiger charge is -2.18. The highest BCUT2D eigenvalue weighted by Gasteiger charge is 2.26. The summed E-state index contributed by atoms with van der Waals surface area (Å²) >= 11 is 0. The first kappa shape index (κ1) is 32.3. The molecule has 1 unspecified atom stereocenters. The second-order valence-corrected chi connectivity index (χ2v) is 10.4. The predicted octanol–water partition coefficient (Wildman–Crippen LogP) is 6.39. The maximum Gasteiger partial charge on any atom is 0.514 e.